The Kier molecular flexibility index (Phi) is 6.07. The second-order valence-electron chi connectivity index (χ2n) is 4.20. The first kappa shape index (κ1) is 15.2. The van der Waals surface area contributed by atoms with E-state index in [9.17, 15) is 14.4 Å². The Balaban J connectivity index is 2.28. The van der Waals surface area contributed by atoms with Gasteiger partial charge in [-0.2, -0.15) is 0 Å². The van der Waals surface area contributed by atoms with Crippen LogP contribution < -0.4 is 10.6 Å². The van der Waals surface area contributed by atoms with Crippen LogP contribution in [-0.4, -0.2) is 66.8 Å². The summed E-state index contributed by atoms with van der Waals surface area (Å²) in [7, 11) is 0. The Bertz CT molecular complexity index is 341. The van der Waals surface area contributed by atoms with Gasteiger partial charge in [-0.15, -0.1) is 0 Å². The SMILES string of the molecule is CC(NC(=O)NCCC(=O)O)C(=O)N1CCOCC1. The minimum Gasteiger partial charge on any atom is -0.481 e. The van der Waals surface area contributed by atoms with Crippen LogP contribution in [0.3, 0.4) is 0 Å². The van der Waals surface area contributed by atoms with Gasteiger partial charge in [0, 0.05) is 19.6 Å². The van der Waals surface area contributed by atoms with Gasteiger partial charge >= 0.3 is 12.0 Å². The maximum absolute atomic E-state index is 11.9. The summed E-state index contributed by atoms with van der Waals surface area (Å²) in [5, 5.41) is 13.3. The number of nitrogens with zero attached hydrogens (tertiary/aromatic N) is 1. The number of amides is 3. The third kappa shape index (κ3) is 5.56. The van der Waals surface area contributed by atoms with Gasteiger partial charge in [0.1, 0.15) is 6.04 Å². The molecule has 19 heavy (non-hydrogen) atoms. The van der Waals surface area contributed by atoms with Crippen molar-refractivity contribution in [2.45, 2.75) is 19.4 Å². The molecule has 0 aromatic heterocycles. The molecular formula is C11H19N3O5. The van der Waals surface area contributed by atoms with Gasteiger partial charge in [-0.3, -0.25) is 9.59 Å². The molecule has 8 heteroatoms. The van der Waals surface area contributed by atoms with Crippen molar-refractivity contribution in [3.63, 3.8) is 0 Å². The van der Waals surface area contributed by atoms with Crippen LogP contribution in [0.5, 0.6) is 0 Å². The fraction of sp³-hybridized carbons (Fsp3) is 0.727. The predicted molar refractivity (Wildman–Crippen MR) is 65.6 cm³/mol. The fourth-order valence-electron chi connectivity index (χ4n) is 1.65. The van der Waals surface area contributed by atoms with Gasteiger partial charge in [0.25, 0.3) is 0 Å². The zero-order valence-electron chi connectivity index (χ0n) is 10.8. The first-order valence-electron chi connectivity index (χ1n) is 6.13. The number of morpholine rings is 1. The van der Waals surface area contributed by atoms with Crippen molar-refractivity contribution in [3.05, 3.63) is 0 Å². The monoisotopic (exact) mass is 273 g/mol. The van der Waals surface area contributed by atoms with Crippen LogP contribution in [0.2, 0.25) is 0 Å². The number of carbonyl (C=O) groups is 3. The van der Waals surface area contributed by atoms with Gasteiger partial charge in [0.15, 0.2) is 0 Å². The number of carbonyl (C=O) groups excluding carboxylic acids is 2. The lowest BCUT2D eigenvalue weighted by atomic mass is 10.2. The zero-order valence-corrected chi connectivity index (χ0v) is 10.8. The van der Waals surface area contributed by atoms with E-state index in [1.165, 1.54) is 0 Å². The van der Waals surface area contributed by atoms with Crippen molar-refractivity contribution < 1.29 is 24.2 Å². The molecule has 1 aliphatic heterocycles. The number of aliphatic carboxylic acids is 1. The van der Waals surface area contributed by atoms with Crippen molar-refractivity contribution in [3.8, 4) is 0 Å². The molecule has 0 saturated carbocycles. The van der Waals surface area contributed by atoms with E-state index in [1.807, 2.05) is 0 Å². The highest BCUT2D eigenvalue weighted by atomic mass is 16.5. The van der Waals surface area contributed by atoms with E-state index in [0.29, 0.717) is 26.3 Å². The maximum atomic E-state index is 11.9. The summed E-state index contributed by atoms with van der Waals surface area (Å²) in [5.74, 6) is -1.16. The van der Waals surface area contributed by atoms with E-state index >= 15 is 0 Å². The molecule has 0 aromatic rings. The average Bonchev–Trinajstić information content (AvgIpc) is 2.38. The second-order valence-corrected chi connectivity index (χ2v) is 4.20. The molecule has 1 rings (SSSR count). The first-order valence-corrected chi connectivity index (χ1v) is 6.13. The summed E-state index contributed by atoms with van der Waals surface area (Å²) in [6, 6.07) is -1.20. The molecule has 0 aromatic carbocycles. The van der Waals surface area contributed by atoms with Gasteiger partial charge in [-0.1, -0.05) is 0 Å². The molecule has 1 fully saturated rings. The van der Waals surface area contributed by atoms with Crippen LogP contribution in [0, 0.1) is 0 Å². The van der Waals surface area contributed by atoms with Crippen molar-refractivity contribution in [1.82, 2.24) is 15.5 Å². The summed E-state index contributed by atoms with van der Waals surface area (Å²) >= 11 is 0. The number of hydrogen-bond donors (Lipinski definition) is 3. The summed E-state index contributed by atoms with van der Waals surface area (Å²) in [4.78, 5) is 35.3. The average molecular weight is 273 g/mol. The Labute approximate surface area is 111 Å². The molecule has 0 aliphatic carbocycles. The van der Waals surface area contributed by atoms with E-state index in [0.717, 1.165) is 0 Å². The summed E-state index contributed by atoms with van der Waals surface area (Å²) in [6.45, 7) is 3.66. The number of hydrogen-bond acceptors (Lipinski definition) is 4. The number of carboxylic acid groups (broad SMARTS) is 1. The molecule has 0 bridgehead atoms. The molecule has 108 valence electrons. The summed E-state index contributed by atoms with van der Waals surface area (Å²) in [5.41, 5.74) is 0. The number of ether oxygens (including phenoxy) is 1. The van der Waals surface area contributed by atoms with Crippen molar-refractivity contribution in [2.75, 3.05) is 32.8 Å². The van der Waals surface area contributed by atoms with E-state index in [4.69, 9.17) is 9.84 Å². The van der Waals surface area contributed by atoms with E-state index in [-0.39, 0.29) is 18.9 Å². The highest BCUT2D eigenvalue weighted by molar-refractivity contribution is 5.86. The number of urea groups is 1. The third-order valence-electron chi connectivity index (χ3n) is 2.67. The van der Waals surface area contributed by atoms with Crippen LogP contribution in [0.4, 0.5) is 4.79 Å². The van der Waals surface area contributed by atoms with Gasteiger partial charge in [0.05, 0.1) is 19.6 Å². The standard InChI is InChI=1S/C11H19N3O5/c1-8(10(17)14-4-6-19-7-5-14)13-11(18)12-3-2-9(15)16/h8H,2-7H2,1H3,(H,15,16)(H2,12,13,18). The normalized spacial score (nSPS) is 16.6. The minimum absolute atomic E-state index is 0.0274. The second kappa shape index (κ2) is 7.57. The predicted octanol–water partition coefficient (Wildman–Crippen LogP) is -0.992. The molecule has 1 unspecified atom stereocenters. The van der Waals surface area contributed by atoms with Gasteiger partial charge in [-0.25, -0.2) is 4.79 Å². The Morgan fingerprint density at radius 1 is 1.32 bits per heavy atom. The van der Waals surface area contributed by atoms with Crippen LogP contribution >= 0.6 is 0 Å². The first-order chi connectivity index (χ1) is 9.00. The summed E-state index contributed by atoms with van der Waals surface area (Å²) < 4.78 is 5.14. The molecule has 0 spiro atoms. The lowest BCUT2D eigenvalue weighted by Gasteiger charge is -2.29. The van der Waals surface area contributed by atoms with Gasteiger partial charge < -0.3 is 25.4 Å². The minimum atomic E-state index is -0.988. The van der Waals surface area contributed by atoms with Crippen LogP contribution in [0.25, 0.3) is 0 Å². The highest BCUT2D eigenvalue weighted by Crippen LogP contribution is 2.00. The highest BCUT2D eigenvalue weighted by Gasteiger charge is 2.23. The molecular weight excluding hydrogens is 254 g/mol. The number of carboxylic acids is 1. The fourth-order valence-corrected chi connectivity index (χ4v) is 1.65. The van der Waals surface area contributed by atoms with Crippen molar-refractivity contribution in [2.24, 2.45) is 0 Å². The summed E-state index contributed by atoms with van der Waals surface area (Å²) in [6.07, 6.45) is -0.154. The molecule has 8 nitrogen and oxygen atoms in total. The largest absolute Gasteiger partial charge is 0.481 e. The van der Waals surface area contributed by atoms with Crippen LogP contribution in [0.1, 0.15) is 13.3 Å². The topological polar surface area (TPSA) is 108 Å². The van der Waals surface area contributed by atoms with Crippen molar-refractivity contribution >= 4 is 17.9 Å². The molecule has 1 heterocycles. The lowest BCUT2D eigenvalue weighted by molar-refractivity contribution is -0.137. The molecule has 1 aliphatic rings. The van der Waals surface area contributed by atoms with Crippen molar-refractivity contribution in [1.29, 1.82) is 0 Å². The lowest BCUT2D eigenvalue weighted by Crippen LogP contribution is -2.52. The van der Waals surface area contributed by atoms with E-state index < -0.39 is 18.0 Å². The number of nitrogens with one attached hydrogen (secondary N) is 2. The van der Waals surface area contributed by atoms with E-state index in [2.05, 4.69) is 10.6 Å². The van der Waals surface area contributed by atoms with Crippen LogP contribution in [0.15, 0.2) is 0 Å². The Morgan fingerprint density at radius 2 is 1.95 bits per heavy atom. The van der Waals surface area contributed by atoms with Gasteiger partial charge in [0.2, 0.25) is 5.91 Å². The third-order valence-corrected chi connectivity index (χ3v) is 2.67. The Hall–Kier alpha value is -1.83. The molecule has 3 amide bonds. The molecule has 0 radical (unpaired) electrons. The zero-order chi connectivity index (χ0) is 14.3. The number of rotatable bonds is 5. The molecule has 1 saturated heterocycles. The van der Waals surface area contributed by atoms with Gasteiger partial charge in [-0.05, 0) is 6.92 Å². The van der Waals surface area contributed by atoms with E-state index in [1.54, 1.807) is 11.8 Å². The quantitative estimate of drug-likeness (QED) is 0.596. The molecule has 3 N–H and O–H groups in total. The van der Waals surface area contributed by atoms with Crippen LogP contribution in [-0.2, 0) is 14.3 Å². The maximum Gasteiger partial charge on any atom is 0.315 e. The molecule has 1 atom stereocenters. The Morgan fingerprint density at radius 3 is 2.53 bits per heavy atom. The smallest absolute Gasteiger partial charge is 0.315 e.